The van der Waals surface area contributed by atoms with Gasteiger partial charge >= 0.3 is 0 Å². The standard InChI is InChI=1S/C14H20F2N2O/c1-18(9-11-4-2-3-7-19-11)12-6-5-10(8-17)13(15)14(12)16/h5-6,11H,2-4,7-9,17H2,1H3. The molecule has 1 aromatic rings. The molecule has 2 rings (SSSR count). The fraction of sp³-hybridized carbons (Fsp3) is 0.571. The molecular formula is C14H20F2N2O. The van der Waals surface area contributed by atoms with E-state index in [4.69, 9.17) is 10.5 Å². The van der Waals surface area contributed by atoms with Gasteiger partial charge in [-0.15, -0.1) is 0 Å². The van der Waals surface area contributed by atoms with Gasteiger partial charge in [0.05, 0.1) is 11.8 Å². The Morgan fingerprint density at radius 1 is 1.32 bits per heavy atom. The third-order valence-corrected chi connectivity index (χ3v) is 3.52. The highest BCUT2D eigenvalue weighted by Gasteiger charge is 2.20. The monoisotopic (exact) mass is 270 g/mol. The molecule has 1 aliphatic heterocycles. The number of halogens is 2. The van der Waals surface area contributed by atoms with E-state index in [2.05, 4.69) is 0 Å². The Bertz CT molecular complexity index is 434. The molecule has 0 saturated carbocycles. The van der Waals surface area contributed by atoms with E-state index in [0.717, 1.165) is 25.9 Å². The van der Waals surface area contributed by atoms with Gasteiger partial charge in [0.25, 0.3) is 0 Å². The number of hydrogen-bond donors (Lipinski definition) is 1. The summed E-state index contributed by atoms with van der Waals surface area (Å²) in [7, 11) is 1.75. The molecule has 19 heavy (non-hydrogen) atoms. The maximum absolute atomic E-state index is 13.9. The molecule has 1 saturated heterocycles. The second-order valence-electron chi connectivity index (χ2n) is 4.95. The predicted octanol–water partition coefficient (Wildman–Crippen LogP) is 2.43. The molecule has 2 N–H and O–H groups in total. The number of ether oxygens (including phenoxy) is 1. The summed E-state index contributed by atoms with van der Waals surface area (Å²) < 4.78 is 33.2. The molecule has 1 fully saturated rings. The minimum atomic E-state index is -0.851. The Hall–Kier alpha value is -1.20. The van der Waals surface area contributed by atoms with E-state index in [9.17, 15) is 8.78 Å². The predicted molar refractivity (Wildman–Crippen MR) is 71.1 cm³/mol. The van der Waals surface area contributed by atoms with Gasteiger partial charge in [0, 0.05) is 32.3 Å². The largest absolute Gasteiger partial charge is 0.376 e. The third-order valence-electron chi connectivity index (χ3n) is 3.52. The van der Waals surface area contributed by atoms with Crippen LogP contribution < -0.4 is 10.6 Å². The van der Waals surface area contributed by atoms with Crippen LogP contribution in [0.25, 0.3) is 0 Å². The number of anilines is 1. The molecule has 1 atom stereocenters. The molecule has 5 heteroatoms. The quantitative estimate of drug-likeness (QED) is 0.913. The van der Waals surface area contributed by atoms with Crippen molar-refractivity contribution in [1.29, 1.82) is 0 Å². The average Bonchev–Trinajstić information content (AvgIpc) is 2.42. The molecule has 1 aliphatic rings. The van der Waals surface area contributed by atoms with Gasteiger partial charge in [-0.25, -0.2) is 8.78 Å². The number of nitrogens with two attached hydrogens (primary N) is 1. The highest BCUT2D eigenvalue weighted by Crippen LogP contribution is 2.24. The van der Waals surface area contributed by atoms with Crippen LogP contribution in [0.2, 0.25) is 0 Å². The number of rotatable bonds is 4. The van der Waals surface area contributed by atoms with E-state index in [1.807, 2.05) is 0 Å². The van der Waals surface area contributed by atoms with Gasteiger partial charge in [-0.1, -0.05) is 6.07 Å². The van der Waals surface area contributed by atoms with E-state index >= 15 is 0 Å². The zero-order valence-electron chi connectivity index (χ0n) is 11.2. The molecule has 106 valence electrons. The molecule has 0 amide bonds. The van der Waals surface area contributed by atoms with Crippen LogP contribution in [0.3, 0.4) is 0 Å². The Balaban J connectivity index is 2.10. The first kappa shape index (κ1) is 14.2. The maximum atomic E-state index is 13.9. The van der Waals surface area contributed by atoms with Crippen molar-refractivity contribution >= 4 is 5.69 Å². The fourth-order valence-electron chi connectivity index (χ4n) is 2.39. The summed E-state index contributed by atoms with van der Waals surface area (Å²) in [4.78, 5) is 1.70. The van der Waals surface area contributed by atoms with Crippen molar-refractivity contribution in [2.75, 3.05) is 25.1 Å². The summed E-state index contributed by atoms with van der Waals surface area (Å²) in [5.74, 6) is -1.68. The van der Waals surface area contributed by atoms with Crippen LogP contribution in [0.5, 0.6) is 0 Å². The number of hydrogen-bond acceptors (Lipinski definition) is 3. The SMILES string of the molecule is CN(CC1CCCCO1)c1ccc(CN)c(F)c1F. The van der Waals surface area contributed by atoms with Crippen LogP contribution in [0.4, 0.5) is 14.5 Å². The lowest BCUT2D eigenvalue weighted by Crippen LogP contribution is -2.34. The van der Waals surface area contributed by atoms with Crippen molar-refractivity contribution < 1.29 is 13.5 Å². The van der Waals surface area contributed by atoms with Crippen molar-refractivity contribution in [3.63, 3.8) is 0 Å². The van der Waals surface area contributed by atoms with Gasteiger partial charge in [-0.2, -0.15) is 0 Å². The summed E-state index contributed by atoms with van der Waals surface area (Å²) in [5.41, 5.74) is 5.81. The third kappa shape index (κ3) is 3.22. The summed E-state index contributed by atoms with van der Waals surface area (Å²) in [6, 6.07) is 3.11. The molecule has 1 heterocycles. The molecule has 1 aromatic carbocycles. The molecule has 0 bridgehead atoms. The van der Waals surface area contributed by atoms with E-state index in [1.165, 1.54) is 6.07 Å². The molecule has 0 aliphatic carbocycles. The average molecular weight is 270 g/mol. The topological polar surface area (TPSA) is 38.5 Å². The van der Waals surface area contributed by atoms with Crippen molar-refractivity contribution in [2.45, 2.75) is 31.9 Å². The Kier molecular flexibility index (Phi) is 4.71. The van der Waals surface area contributed by atoms with Gasteiger partial charge in [0.2, 0.25) is 0 Å². The van der Waals surface area contributed by atoms with Crippen LogP contribution in [0, 0.1) is 11.6 Å². The number of benzene rings is 1. The zero-order chi connectivity index (χ0) is 13.8. The Labute approximate surface area is 112 Å². The second-order valence-corrected chi connectivity index (χ2v) is 4.95. The lowest BCUT2D eigenvalue weighted by molar-refractivity contribution is 0.0215. The van der Waals surface area contributed by atoms with E-state index < -0.39 is 11.6 Å². The van der Waals surface area contributed by atoms with Crippen LogP contribution in [0.15, 0.2) is 12.1 Å². The van der Waals surface area contributed by atoms with E-state index in [-0.39, 0.29) is 23.9 Å². The molecule has 3 nitrogen and oxygen atoms in total. The van der Waals surface area contributed by atoms with Crippen LogP contribution in [-0.2, 0) is 11.3 Å². The zero-order valence-corrected chi connectivity index (χ0v) is 11.2. The molecule has 0 spiro atoms. The van der Waals surface area contributed by atoms with Gasteiger partial charge in [-0.05, 0) is 25.3 Å². The number of nitrogens with zero attached hydrogens (tertiary/aromatic N) is 1. The highest BCUT2D eigenvalue weighted by atomic mass is 19.2. The molecule has 0 radical (unpaired) electrons. The normalized spacial score (nSPS) is 19.5. The second kappa shape index (κ2) is 6.30. The van der Waals surface area contributed by atoms with Gasteiger partial charge in [0.15, 0.2) is 11.6 Å². The lowest BCUT2D eigenvalue weighted by Gasteiger charge is -2.29. The molecular weight excluding hydrogens is 250 g/mol. The Morgan fingerprint density at radius 3 is 2.74 bits per heavy atom. The summed E-state index contributed by atoms with van der Waals surface area (Å²) in [6.07, 6.45) is 3.26. The molecule has 0 aromatic heterocycles. The summed E-state index contributed by atoms with van der Waals surface area (Å²) >= 11 is 0. The van der Waals surface area contributed by atoms with E-state index in [1.54, 1.807) is 18.0 Å². The van der Waals surface area contributed by atoms with E-state index in [0.29, 0.717) is 6.54 Å². The maximum Gasteiger partial charge on any atom is 0.182 e. The minimum absolute atomic E-state index is 0.00150. The lowest BCUT2D eigenvalue weighted by atomic mass is 10.1. The van der Waals surface area contributed by atoms with Crippen molar-refractivity contribution in [2.24, 2.45) is 5.73 Å². The fourth-order valence-corrected chi connectivity index (χ4v) is 2.39. The van der Waals surface area contributed by atoms with Gasteiger partial charge in [0.1, 0.15) is 0 Å². The van der Waals surface area contributed by atoms with Crippen LogP contribution >= 0.6 is 0 Å². The highest BCUT2D eigenvalue weighted by molar-refractivity contribution is 5.49. The number of likely N-dealkylation sites (N-methyl/N-ethyl adjacent to an activating group) is 1. The van der Waals surface area contributed by atoms with Crippen molar-refractivity contribution in [3.05, 3.63) is 29.3 Å². The van der Waals surface area contributed by atoms with Crippen molar-refractivity contribution in [3.8, 4) is 0 Å². The van der Waals surface area contributed by atoms with Crippen molar-refractivity contribution in [1.82, 2.24) is 0 Å². The minimum Gasteiger partial charge on any atom is -0.376 e. The van der Waals surface area contributed by atoms with Crippen LogP contribution in [0.1, 0.15) is 24.8 Å². The first-order valence-corrected chi connectivity index (χ1v) is 6.63. The first-order valence-electron chi connectivity index (χ1n) is 6.63. The summed E-state index contributed by atoms with van der Waals surface area (Å²) in [5, 5.41) is 0. The smallest absolute Gasteiger partial charge is 0.182 e. The van der Waals surface area contributed by atoms with Gasteiger partial charge < -0.3 is 15.4 Å². The first-order chi connectivity index (χ1) is 9.13. The Morgan fingerprint density at radius 2 is 2.11 bits per heavy atom. The van der Waals surface area contributed by atoms with Gasteiger partial charge in [-0.3, -0.25) is 0 Å². The molecule has 1 unspecified atom stereocenters. The van der Waals surface area contributed by atoms with Crippen LogP contribution in [-0.4, -0.2) is 26.3 Å². The summed E-state index contributed by atoms with van der Waals surface area (Å²) in [6.45, 7) is 1.32.